The second kappa shape index (κ2) is 5.40. The molecule has 0 saturated carbocycles. The molecule has 9 nitrogen and oxygen atoms in total. The third-order valence-electron chi connectivity index (χ3n) is 2.79. The van der Waals surface area contributed by atoms with Crippen LogP contribution in [0.15, 0.2) is 40.8 Å². The van der Waals surface area contributed by atoms with Gasteiger partial charge < -0.3 is 15.3 Å². The number of nitro groups is 1. The third kappa shape index (κ3) is 2.79. The summed E-state index contributed by atoms with van der Waals surface area (Å²) in [5.41, 5.74) is -0.519. The minimum absolute atomic E-state index is 0.340. The van der Waals surface area contributed by atoms with Gasteiger partial charge in [-0.15, -0.1) is 0 Å². The zero-order valence-corrected chi connectivity index (χ0v) is 11.6. The summed E-state index contributed by atoms with van der Waals surface area (Å²) < 4.78 is 28.4. The number of hydrogen-bond donors (Lipinski definition) is 2. The maximum atomic E-state index is 11.7. The van der Waals surface area contributed by atoms with Gasteiger partial charge in [-0.2, -0.15) is 0 Å². The third-order valence-corrected chi connectivity index (χ3v) is 4.32. The number of oxime groups is 1. The van der Waals surface area contributed by atoms with E-state index in [1.165, 1.54) is 7.11 Å². The van der Waals surface area contributed by atoms with Crippen molar-refractivity contribution in [1.29, 1.82) is 0 Å². The van der Waals surface area contributed by atoms with E-state index in [9.17, 15) is 18.5 Å². The lowest BCUT2D eigenvalue weighted by molar-refractivity contribution is -0.423. The van der Waals surface area contributed by atoms with Crippen molar-refractivity contribution in [2.24, 2.45) is 5.16 Å². The fourth-order valence-corrected chi connectivity index (χ4v) is 3.15. The summed E-state index contributed by atoms with van der Waals surface area (Å²) >= 11 is 0. The standard InChI is InChI=1S/C11H11N3O6S/c1-20-8-4-2-7(3-5-8)12-10-9(14(16)17)6-21(18,19)11(10)13-15/h2-5,12,15H,6H2,1H3. The van der Waals surface area contributed by atoms with Gasteiger partial charge in [0, 0.05) is 5.69 Å². The summed E-state index contributed by atoms with van der Waals surface area (Å²) in [6.45, 7) is 0. The largest absolute Gasteiger partial charge is 0.497 e. The van der Waals surface area contributed by atoms with Gasteiger partial charge in [0.25, 0.3) is 5.70 Å². The van der Waals surface area contributed by atoms with Crippen LogP contribution in [0.5, 0.6) is 5.75 Å². The molecule has 1 aliphatic heterocycles. The van der Waals surface area contributed by atoms with E-state index in [2.05, 4.69) is 10.5 Å². The molecule has 10 heteroatoms. The second-order valence-electron chi connectivity index (χ2n) is 4.10. The zero-order valence-electron chi connectivity index (χ0n) is 10.8. The van der Waals surface area contributed by atoms with Crippen LogP contribution in [-0.2, 0) is 9.84 Å². The quantitative estimate of drug-likeness (QED) is 0.477. The van der Waals surface area contributed by atoms with Gasteiger partial charge in [-0.05, 0) is 24.3 Å². The van der Waals surface area contributed by atoms with E-state index >= 15 is 0 Å². The van der Waals surface area contributed by atoms with Gasteiger partial charge in [0.05, 0.1) is 12.0 Å². The second-order valence-corrected chi connectivity index (χ2v) is 6.00. The summed E-state index contributed by atoms with van der Waals surface area (Å²) in [6, 6.07) is 6.27. The first-order valence-electron chi connectivity index (χ1n) is 5.63. The molecule has 0 aromatic heterocycles. The molecule has 1 aliphatic rings. The van der Waals surface area contributed by atoms with Gasteiger partial charge in [0.2, 0.25) is 14.9 Å². The predicted molar refractivity (Wildman–Crippen MR) is 73.6 cm³/mol. The molecule has 0 amide bonds. The molecule has 0 fully saturated rings. The highest BCUT2D eigenvalue weighted by Crippen LogP contribution is 2.26. The topological polar surface area (TPSA) is 131 Å². The number of nitrogens with zero attached hydrogens (tertiary/aromatic N) is 2. The van der Waals surface area contributed by atoms with Crippen LogP contribution in [0.4, 0.5) is 5.69 Å². The van der Waals surface area contributed by atoms with Crippen molar-refractivity contribution in [3.63, 3.8) is 0 Å². The predicted octanol–water partition coefficient (Wildman–Crippen LogP) is 0.811. The maximum Gasteiger partial charge on any atom is 0.287 e. The molecule has 0 radical (unpaired) electrons. The number of anilines is 1. The van der Waals surface area contributed by atoms with Crippen molar-refractivity contribution in [3.8, 4) is 5.75 Å². The Labute approximate surface area is 119 Å². The molecule has 0 atom stereocenters. The van der Waals surface area contributed by atoms with Crippen LogP contribution in [-0.4, -0.2) is 36.5 Å². The molecule has 0 saturated heterocycles. The summed E-state index contributed by atoms with van der Waals surface area (Å²) in [7, 11) is -2.53. The Morgan fingerprint density at radius 1 is 1.38 bits per heavy atom. The monoisotopic (exact) mass is 313 g/mol. The lowest BCUT2D eigenvalue weighted by Crippen LogP contribution is -2.16. The van der Waals surface area contributed by atoms with E-state index in [1.54, 1.807) is 24.3 Å². The number of rotatable bonds is 4. The van der Waals surface area contributed by atoms with Gasteiger partial charge in [-0.3, -0.25) is 10.1 Å². The molecule has 1 aromatic carbocycles. The molecule has 1 aromatic rings. The lowest BCUT2D eigenvalue weighted by atomic mass is 10.2. The highest BCUT2D eigenvalue weighted by atomic mass is 32.2. The van der Waals surface area contributed by atoms with Crippen LogP contribution in [0, 0.1) is 10.1 Å². The molecule has 112 valence electrons. The van der Waals surface area contributed by atoms with E-state index in [0.29, 0.717) is 11.4 Å². The van der Waals surface area contributed by atoms with Crippen LogP contribution in [0.2, 0.25) is 0 Å². The minimum atomic E-state index is -4.02. The van der Waals surface area contributed by atoms with Crippen LogP contribution in [0.3, 0.4) is 0 Å². The Hall–Kier alpha value is -2.62. The smallest absolute Gasteiger partial charge is 0.287 e. The number of methoxy groups -OCH3 is 1. The number of hydrogen-bond acceptors (Lipinski definition) is 8. The molecule has 0 spiro atoms. The molecule has 21 heavy (non-hydrogen) atoms. The van der Waals surface area contributed by atoms with Gasteiger partial charge in [0.1, 0.15) is 11.5 Å². The maximum absolute atomic E-state index is 11.7. The van der Waals surface area contributed by atoms with Crippen molar-refractivity contribution in [3.05, 3.63) is 45.8 Å². The molecular formula is C11H11N3O6S. The minimum Gasteiger partial charge on any atom is -0.497 e. The summed E-state index contributed by atoms with van der Waals surface area (Å²) in [5, 5.41) is 24.3. The Morgan fingerprint density at radius 2 is 2.00 bits per heavy atom. The number of benzene rings is 1. The van der Waals surface area contributed by atoms with Crippen molar-refractivity contribution in [1.82, 2.24) is 0 Å². The fourth-order valence-electron chi connectivity index (χ4n) is 1.80. The van der Waals surface area contributed by atoms with Crippen molar-refractivity contribution in [2.45, 2.75) is 0 Å². The van der Waals surface area contributed by atoms with E-state index in [4.69, 9.17) is 9.94 Å². The van der Waals surface area contributed by atoms with Gasteiger partial charge in [-0.1, -0.05) is 5.16 Å². The SMILES string of the molecule is COc1ccc(NC2=C([N+](=O)[O-])CS(=O)(=O)C2=NO)cc1. The number of ether oxygens (including phenoxy) is 1. The van der Waals surface area contributed by atoms with Gasteiger partial charge in [-0.25, -0.2) is 8.42 Å². The van der Waals surface area contributed by atoms with E-state index in [-0.39, 0.29) is 5.70 Å². The molecule has 0 bridgehead atoms. The Balaban J connectivity index is 2.42. The van der Waals surface area contributed by atoms with Gasteiger partial charge >= 0.3 is 0 Å². The highest BCUT2D eigenvalue weighted by Gasteiger charge is 2.43. The molecule has 0 aliphatic carbocycles. The first kappa shape index (κ1) is 14.8. The molecular weight excluding hydrogens is 302 g/mol. The Morgan fingerprint density at radius 3 is 2.48 bits per heavy atom. The van der Waals surface area contributed by atoms with Crippen LogP contribution in [0.25, 0.3) is 0 Å². The number of nitrogens with one attached hydrogen (secondary N) is 1. The van der Waals surface area contributed by atoms with Crippen molar-refractivity contribution >= 4 is 20.6 Å². The van der Waals surface area contributed by atoms with E-state index in [0.717, 1.165) is 0 Å². The van der Waals surface area contributed by atoms with Crippen LogP contribution < -0.4 is 10.1 Å². The average Bonchev–Trinajstić information content (AvgIpc) is 2.70. The number of sulfone groups is 1. The van der Waals surface area contributed by atoms with E-state index < -0.39 is 31.3 Å². The Kier molecular flexibility index (Phi) is 3.80. The van der Waals surface area contributed by atoms with Crippen LogP contribution in [0.1, 0.15) is 0 Å². The molecule has 0 unspecified atom stereocenters. The van der Waals surface area contributed by atoms with Crippen LogP contribution >= 0.6 is 0 Å². The average molecular weight is 313 g/mol. The molecule has 1 heterocycles. The fraction of sp³-hybridized carbons (Fsp3) is 0.182. The first-order chi connectivity index (χ1) is 9.89. The summed E-state index contributed by atoms with van der Waals surface area (Å²) in [5.74, 6) is -0.253. The summed E-state index contributed by atoms with van der Waals surface area (Å²) in [4.78, 5) is 10.1. The van der Waals surface area contributed by atoms with Crippen molar-refractivity contribution in [2.75, 3.05) is 18.2 Å². The first-order valence-corrected chi connectivity index (χ1v) is 7.28. The van der Waals surface area contributed by atoms with Gasteiger partial charge in [0.15, 0.2) is 5.70 Å². The highest BCUT2D eigenvalue weighted by molar-refractivity contribution is 8.07. The normalized spacial score (nSPS) is 18.8. The van der Waals surface area contributed by atoms with E-state index in [1.807, 2.05) is 0 Å². The zero-order chi connectivity index (χ0) is 15.6. The summed E-state index contributed by atoms with van der Waals surface area (Å²) in [6.07, 6.45) is 0. The molecule has 2 rings (SSSR count). The van der Waals surface area contributed by atoms with Crippen molar-refractivity contribution < 1.29 is 23.3 Å². The molecule has 2 N–H and O–H groups in total. The Bertz CT molecular complexity index is 736. The lowest BCUT2D eigenvalue weighted by Gasteiger charge is -2.07.